The van der Waals surface area contributed by atoms with Crippen molar-refractivity contribution in [2.24, 2.45) is 0 Å². The zero-order valence-corrected chi connectivity index (χ0v) is 8.89. The van der Waals surface area contributed by atoms with E-state index in [1.54, 1.807) is 6.07 Å². The second-order valence-electron chi connectivity index (χ2n) is 2.71. The van der Waals surface area contributed by atoms with E-state index in [0.29, 0.717) is 4.47 Å². The van der Waals surface area contributed by atoms with Crippen LogP contribution in [0.4, 0.5) is 13.2 Å². The monoisotopic (exact) mass is 268 g/mol. The van der Waals surface area contributed by atoms with Gasteiger partial charge in [-0.3, -0.25) is 0 Å². The van der Waals surface area contributed by atoms with Crippen LogP contribution in [0.5, 0.6) is 0 Å². The molecular formula is C9H8BrF3O. The number of alkyl halides is 3. The summed E-state index contributed by atoms with van der Waals surface area (Å²) < 4.78 is 42.2. The predicted molar refractivity (Wildman–Crippen MR) is 49.9 cm³/mol. The third kappa shape index (κ3) is 2.72. The van der Waals surface area contributed by atoms with Crippen molar-refractivity contribution in [3.8, 4) is 0 Å². The van der Waals surface area contributed by atoms with Crippen molar-refractivity contribution in [3.05, 3.63) is 34.3 Å². The quantitative estimate of drug-likeness (QED) is 0.795. The summed E-state index contributed by atoms with van der Waals surface area (Å²) in [5.74, 6) is 0. The number of ether oxygens (including phenoxy) is 1. The minimum absolute atomic E-state index is 0.0920. The average Bonchev–Trinajstić information content (AvgIpc) is 2.02. The summed E-state index contributed by atoms with van der Waals surface area (Å²) in [5.41, 5.74) is 0.0920. The minimum atomic E-state index is -4.38. The van der Waals surface area contributed by atoms with Crippen LogP contribution in [0, 0.1) is 0 Å². The molecular weight excluding hydrogens is 261 g/mol. The number of hydrogen-bond acceptors (Lipinski definition) is 1. The van der Waals surface area contributed by atoms with Gasteiger partial charge in [0.25, 0.3) is 0 Å². The molecule has 1 atom stereocenters. The van der Waals surface area contributed by atoms with Gasteiger partial charge < -0.3 is 4.74 Å². The van der Waals surface area contributed by atoms with Crippen molar-refractivity contribution in [3.63, 3.8) is 0 Å². The molecule has 14 heavy (non-hydrogen) atoms. The number of halogens is 4. The van der Waals surface area contributed by atoms with Crippen molar-refractivity contribution in [1.82, 2.24) is 0 Å². The van der Waals surface area contributed by atoms with Crippen molar-refractivity contribution in [2.75, 3.05) is 7.11 Å². The third-order valence-corrected chi connectivity index (χ3v) is 2.18. The molecule has 0 saturated carbocycles. The molecule has 0 N–H and O–H groups in total. The fourth-order valence-electron chi connectivity index (χ4n) is 1.13. The molecule has 1 unspecified atom stereocenters. The molecule has 5 heteroatoms. The maximum Gasteiger partial charge on any atom is 0.418 e. The van der Waals surface area contributed by atoms with Crippen LogP contribution in [-0.4, -0.2) is 13.3 Å². The highest BCUT2D eigenvalue weighted by Crippen LogP contribution is 2.35. The molecule has 1 aromatic rings. The summed E-state index contributed by atoms with van der Waals surface area (Å²) in [6.45, 7) is 0. The second-order valence-corrected chi connectivity index (χ2v) is 3.63. The zero-order chi connectivity index (χ0) is 10.8. The van der Waals surface area contributed by atoms with Gasteiger partial charge in [0.2, 0.25) is 0 Å². The van der Waals surface area contributed by atoms with E-state index in [-0.39, 0.29) is 5.56 Å². The van der Waals surface area contributed by atoms with Gasteiger partial charge in [0.1, 0.15) is 0 Å². The number of rotatable bonds is 2. The lowest BCUT2D eigenvalue weighted by Crippen LogP contribution is -2.22. The molecule has 0 fully saturated rings. The predicted octanol–water partition coefficient (Wildman–Crippen LogP) is 3.70. The van der Waals surface area contributed by atoms with Crippen molar-refractivity contribution >= 4 is 15.9 Å². The van der Waals surface area contributed by atoms with E-state index in [1.807, 2.05) is 0 Å². The molecule has 0 heterocycles. The maximum absolute atomic E-state index is 12.4. The Kier molecular flexibility index (Phi) is 3.55. The maximum atomic E-state index is 12.4. The smallest absolute Gasteiger partial charge is 0.367 e. The van der Waals surface area contributed by atoms with Gasteiger partial charge in [0.15, 0.2) is 6.10 Å². The molecule has 0 bridgehead atoms. The third-order valence-electron chi connectivity index (χ3n) is 1.68. The first kappa shape index (κ1) is 11.5. The Hall–Kier alpha value is -0.550. The first-order valence-corrected chi connectivity index (χ1v) is 4.59. The summed E-state index contributed by atoms with van der Waals surface area (Å²) in [6.07, 6.45) is -6.24. The molecule has 0 aliphatic heterocycles. The minimum Gasteiger partial charge on any atom is -0.367 e. The fraction of sp³-hybridized carbons (Fsp3) is 0.333. The van der Waals surface area contributed by atoms with Gasteiger partial charge in [-0.25, -0.2) is 0 Å². The largest absolute Gasteiger partial charge is 0.418 e. The highest BCUT2D eigenvalue weighted by Gasteiger charge is 2.41. The molecule has 1 nitrogen and oxygen atoms in total. The van der Waals surface area contributed by atoms with Crippen molar-refractivity contribution in [2.45, 2.75) is 12.3 Å². The molecule has 0 spiro atoms. The normalized spacial score (nSPS) is 14.1. The zero-order valence-electron chi connectivity index (χ0n) is 7.31. The van der Waals surface area contributed by atoms with Crippen LogP contribution >= 0.6 is 15.9 Å². The van der Waals surface area contributed by atoms with Crippen LogP contribution < -0.4 is 0 Å². The fourth-order valence-corrected chi connectivity index (χ4v) is 1.55. The van der Waals surface area contributed by atoms with Gasteiger partial charge in [-0.15, -0.1) is 0 Å². The van der Waals surface area contributed by atoms with E-state index in [4.69, 9.17) is 0 Å². The Bertz CT molecular complexity index is 311. The lowest BCUT2D eigenvalue weighted by atomic mass is 10.1. The first-order valence-electron chi connectivity index (χ1n) is 3.80. The standard InChI is InChI=1S/C9H8BrF3O/c1-14-8(9(11,12)13)6-3-2-4-7(10)5-6/h2-5,8H,1H3. The SMILES string of the molecule is COC(c1cccc(Br)c1)C(F)(F)F. The number of methoxy groups -OCH3 is 1. The topological polar surface area (TPSA) is 9.23 Å². The van der Waals surface area contributed by atoms with Gasteiger partial charge in [-0.2, -0.15) is 13.2 Å². The van der Waals surface area contributed by atoms with Crippen LogP contribution in [0.2, 0.25) is 0 Å². The number of benzene rings is 1. The first-order chi connectivity index (χ1) is 6.45. The molecule has 0 amide bonds. The Morgan fingerprint density at radius 1 is 1.36 bits per heavy atom. The molecule has 1 aromatic carbocycles. The second kappa shape index (κ2) is 4.31. The van der Waals surface area contributed by atoms with Gasteiger partial charge in [0, 0.05) is 11.6 Å². The van der Waals surface area contributed by atoms with Gasteiger partial charge >= 0.3 is 6.18 Å². The summed E-state index contributed by atoms with van der Waals surface area (Å²) >= 11 is 3.10. The van der Waals surface area contributed by atoms with E-state index >= 15 is 0 Å². The van der Waals surface area contributed by atoms with Crippen LogP contribution in [0.1, 0.15) is 11.7 Å². The van der Waals surface area contributed by atoms with E-state index in [2.05, 4.69) is 20.7 Å². The molecule has 1 rings (SSSR count). The molecule has 0 aliphatic rings. The Balaban J connectivity index is 3.01. The molecule has 0 aromatic heterocycles. The average molecular weight is 269 g/mol. The van der Waals surface area contributed by atoms with Crippen molar-refractivity contribution < 1.29 is 17.9 Å². The Labute approximate surface area is 88.0 Å². The van der Waals surface area contributed by atoms with Crippen LogP contribution in [0.3, 0.4) is 0 Å². The van der Waals surface area contributed by atoms with Crippen LogP contribution in [0.25, 0.3) is 0 Å². The Morgan fingerprint density at radius 3 is 2.43 bits per heavy atom. The molecule has 0 radical (unpaired) electrons. The van der Waals surface area contributed by atoms with E-state index in [0.717, 1.165) is 7.11 Å². The summed E-state index contributed by atoms with van der Waals surface area (Å²) in [4.78, 5) is 0. The summed E-state index contributed by atoms with van der Waals surface area (Å²) in [5, 5.41) is 0. The molecule has 78 valence electrons. The molecule has 0 saturated heterocycles. The molecule has 0 aliphatic carbocycles. The van der Waals surface area contributed by atoms with Crippen molar-refractivity contribution in [1.29, 1.82) is 0 Å². The lowest BCUT2D eigenvalue weighted by molar-refractivity contribution is -0.215. The van der Waals surface area contributed by atoms with E-state index in [1.165, 1.54) is 18.2 Å². The highest BCUT2D eigenvalue weighted by molar-refractivity contribution is 9.10. The highest BCUT2D eigenvalue weighted by atomic mass is 79.9. The van der Waals surface area contributed by atoms with Crippen LogP contribution in [0.15, 0.2) is 28.7 Å². The lowest BCUT2D eigenvalue weighted by Gasteiger charge is -2.18. The van der Waals surface area contributed by atoms with Crippen LogP contribution in [-0.2, 0) is 4.74 Å². The van der Waals surface area contributed by atoms with Gasteiger partial charge in [-0.1, -0.05) is 28.1 Å². The summed E-state index contributed by atoms with van der Waals surface area (Å²) in [7, 11) is 1.04. The van der Waals surface area contributed by atoms with E-state index in [9.17, 15) is 13.2 Å². The van der Waals surface area contributed by atoms with E-state index < -0.39 is 12.3 Å². The van der Waals surface area contributed by atoms with Gasteiger partial charge in [-0.05, 0) is 17.7 Å². The van der Waals surface area contributed by atoms with Gasteiger partial charge in [0.05, 0.1) is 0 Å². The summed E-state index contributed by atoms with van der Waals surface area (Å²) in [6, 6.07) is 5.97. The number of hydrogen-bond donors (Lipinski definition) is 0. The Morgan fingerprint density at radius 2 is 2.00 bits per heavy atom.